The fourth-order valence-corrected chi connectivity index (χ4v) is 2.92. The van der Waals surface area contributed by atoms with E-state index < -0.39 is 0 Å². The lowest BCUT2D eigenvalue weighted by Crippen LogP contribution is -2.39. The van der Waals surface area contributed by atoms with Gasteiger partial charge in [-0.2, -0.15) is 0 Å². The molecule has 1 aliphatic heterocycles. The quantitative estimate of drug-likeness (QED) is 0.614. The van der Waals surface area contributed by atoms with Gasteiger partial charge in [-0.3, -0.25) is 4.79 Å². The average molecular weight is 377 g/mol. The first-order valence-corrected chi connectivity index (χ1v) is 6.69. The average Bonchev–Trinajstić information content (AvgIpc) is 2.61. The molecule has 0 bridgehead atoms. The highest BCUT2D eigenvalue weighted by atomic mass is 79.9. The molecule has 0 saturated carbocycles. The van der Waals surface area contributed by atoms with Crippen LogP contribution in [-0.2, 0) is 0 Å². The Morgan fingerprint density at radius 2 is 2.44 bits per heavy atom. The van der Waals surface area contributed by atoms with Crippen LogP contribution in [0.2, 0.25) is 0 Å². The summed E-state index contributed by atoms with van der Waals surface area (Å²) in [5.74, 6) is -0.214. The minimum atomic E-state index is -0.159. The van der Waals surface area contributed by atoms with Crippen LogP contribution in [0.3, 0.4) is 0 Å². The number of nitrogens with zero attached hydrogens (tertiary/aromatic N) is 3. The summed E-state index contributed by atoms with van der Waals surface area (Å²) in [5.41, 5.74) is 0.513. The number of nitrogens with one attached hydrogen (secondary N) is 1. The predicted octanol–water partition coefficient (Wildman–Crippen LogP) is 2.94. The zero-order valence-electron chi connectivity index (χ0n) is 9.10. The lowest BCUT2D eigenvalue weighted by atomic mass is 10.1. The summed E-state index contributed by atoms with van der Waals surface area (Å²) in [6.45, 7) is 0.398. The molecule has 2 rings (SSSR count). The summed E-state index contributed by atoms with van der Waals surface area (Å²) < 4.78 is 3.31. The second-order valence-electron chi connectivity index (χ2n) is 3.84. The monoisotopic (exact) mass is 375 g/mol. The number of hydrogen-bond acceptors (Lipinski definition) is 3. The number of hydrogen-bond donors (Lipinski definition) is 2. The Kier molecular flexibility index (Phi) is 3.73. The molecule has 1 unspecified atom stereocenters. The van der Waals surface area contributed by atoms with E-state index in [0.29, 0.717) is 12.2 Å². The molecule has 1 aromatic rings. The summed E-state index contributed by atoms with van der Waals surface area (Å²) >= 11 is 6.74. The van der Waals surface area contributed by atoms with Crippen LogP contribution in [0.1, 0.15) is 23.0 Å². The topological polar surface area (TPSA) is 82.4 Å². The standard InChI is InChI=1S/C10H8Br2N4O2/c11-7-2-8-10(18)14-3-5(16(8)9(7)12)1-6(17)4-15-13/h2,4-5H,1,3H2,(H-,14,17,18)/p+1/b6-4+. The predicted molar refractivity (Wildman–Crippen MR) is 71.6 cm³/mol. The maximum Gasteiger partial charge on any atom is 0.387 e. The maximum absolute atomic E-state index is 11.7. The van der Waals surface area contributed by atoms with Crippen molar-refractivity contribution in [1.82, 2.24) is 9.88 Å². The molecule has 2 N–H and O–H groups in total. The van der Waals surface area contributed by atoms with E-state index >= 15 is 0 Å². The molecular formula is C10H9Br2N4O2+. The Morgan fingerprint density at radius 3 is 3.11 bits per heavy atom. The van der Waals surface area contributed by atoms with Gasteiger partial charge >= 0.3 is 6.20 Å². The molecular weight excluding hydrogens is 368 g/mol. The lowest BCUT2D eigenvalue weighted by Gasteiger charge is -2.26. The first-order chi connectivity index (χ1) is 8.54. The summed E-state index contributed by atoms with van der Waals surface area (Å²) in [6.07, 6.45) is 1.24. The van der Waals surface area contributed by atoms with Crippen LogP contribution in [0.25, 0.3) is 4.98 Å². The van der Waals surface area contributed by atoms with E-state index in [0.717, 1.165) is 15.3 Å². The SMILES string of the molecule is N#[N+]/C=C(/O)CC1CNC(=O)c2cc(Br)c(Br)n21. The summed E-state index contributed by atoms with van der Waals surface area (Å²) in [4.78, 5) is 14.5. The molecule has 6 nitrogen and oxygen atoms in total. The smallest absolute Gasteiger partial charge is 0.387 e. The second-order valence-corrected chi connectivity index (χ2v) is 5.45. The number of allylic oxidation sites excluding steroid dienone is 1. The number of aromatic nitrogens is 1. The van der Waals surface area contributed by atoms with Crippen LogP contribution in [-0.4, -0.2) is 22.1 Å². The maximum atomic E-state index is 11.7. The van der Waals surface area contributed by atoms with Gasteiger partial charge in [0.25, 0.3) is 5.91 Å². The third kappa shape index (κ3) is 2.28. The van der Waals surface area contributed by atoms with Gasteiger partial charge in [-0.15, -0.1) is 0 Å². The minimum absolute atomic E-state index is 0.0543. The number of aliphatic hydroxyl groups is 1. The molecule has 1 amide bonds. The number of diazo groups is 1. The van der Waals surface area contributed by atoms with E-state index in [2.05, 4.69) is 42.2 Å². The van der Waals surface area contributed by atoms with E-state index in [1.54, 1.807) is 10.6 Å². The van der Waals surface area contributed by atoms with E-state index in [-0.39, 0.29) is 24.1 Å². The normalized spacial score (nSPS) is 19.1. The van der Waals surface area contributed by atoms with Crippen molar-refractivity contribution in [3.63, 3.8) is 0 Å². The molecule has 0 aromatic carbocycles. The van der Waals surface area contributed by atoms with Crippen molar-refractivity contribution in [3.05, 3.63) is 37.8 Å². The van der Waals surface area contributed by atoms with Crippen molar-refractivity contribution in [2.24, 2.45) is 0 Å². The van der Waals surface area contributed by atoms with Gasteiger partial charge in [0.2, 0.25) is 5.39 Å². The van der Waals surface area contributed by atoms with Crippen LogP contribution in [0, 0.1) is 5.39 Å². The molecule has 2 heterocycles. The zero-order chi connectivity index (χ0) is 13.3. The second kappa shape index (κ2) is 5.12. The molecule has 1 atom stereocenters. The molecule has 0 spiro atoms. The van der Waals surface area contributed by atoms with Gasteiger partial charge in [0.05, 0.1) is 15.1 Å². The summed E-state index contributed by atoms with van der Waals surface area (Å²) in [5, 5.41) is 20.6. The van der Waals surface area contributed by atoms with Gasteiger partial charge in [0.15, 0.2) is 10.7 Å². The molecule has 18 heavy (non-hydrogen) atoms. The van der Waals surface area contributed by atoms with Gasteiger partial charge in [-0.1, -0.05) is 0 Å². The fourth-order valence-electron chi connectivity index (χ4n) is 1.92. The number of fused-ring (bicyclic) bond motifs is 1. The van der Waals surface area contributed by atoms with E-state index in [9.17, 15) is 9.90 Å². The van der Waals surface area contributed by atoms with Crippen LogP contribution in [0.5, 0.6) is 0 Å². The van der Waals surface area contributed by atoms with E-state index in [1.165, 1.54) is 0 Å². The number of carbonyl (C=O) groups is 1. The highest BCUT2D eigenvalue weighted by Gasteiger charge is 2.29. The number of aliphatic hydroxyl groups excluding tert-OH is 1. The highest BCUT2D eigenvalue weighted by Crippen LogP contribution is 2.34. The van der Waals surface area contributed by atoms with Crippen molar-refractivity contribution in [2.75, 3.05) is 6.54 Å². The summed E-state index contributed by atoms with van der Waals surface area (Å²) in [6, 6.07) is 1.57. The zero-order valence-corrected chi connectivity index (χ0v) is 12.3. The number of halogens is 2. The van der Waals surface area contributed by atoms with Crippen LogP contribution >= 0.6 is 31.9 Å². The molecule has 0 radical (unpaired) electrons. The first-order valence-electron chi connectivity index (χ1n) is 5.11. The lowest BCUT2D eigenvalue weighted by molar-refractivity contribution is 0.0911. The molecule has 8 heteroatoms. The van der Waals surface area contributed by atoms with Crippen LogP contribution < -0.4 is 5.32 Å². The van der Waals surface area contributed by atoms with E-state index in [1.807, 2.05) is 0 Å². The molecule has 0 fully saturated rings. The fraction of sp³-hybridized carbons (Fsp3) is 0.300. The van der Waals surface area contributed by atoms with Crippen LogP contribution in [0.15, 0.2) is 27.1 Å². The van der Waals surface area contributed by atoms with Crippen molar-refractivity contribution < 1.29 is 9.90 Å². The largest absolute Gasteiger partial charge is 0.505 e. The number of rotatable bonds is 2. The number of amides is 1. The Labute approximate surface area is 120 Å². The van der Waals surface area contributed by atoms with Crippen LogP contribution in [0.4, 0.5) is 0 Å². The molecule has 0 saturated heterocycles. The molecule has 94 valence electrons. The van der Waals surface area contributed by atoms with Gasteiger partial charge in [0, 0.05) is 13.0 Å². The molecule has 1 aromatic heterocycles. The Morgan fingerprint density at radius 1 is 1.72 bits per heavy atom. The minimum Gasteiger partial charge on any atom is -0.505 e. The number of carbonyl (C=O) groups excluding carboxylic acids is 1. The van der Waals surface area contributed by atoms with Crippen molar-refractivity contribution in [1.29, 1.82) is 5.39 Å². The first kappa shape index (κ1) is 13.1. The van der Waals surface area contributed by atoms with Crippen molar-refractivity contribution in [2.45, 2.75) is 12.5 Å². The van der Waals surface area contributed by atoms with Gasteiger partial charge in [0.1, 0.15) is 5.69 Å². The molecule has 1 aliphatic rings. The van der Waals surface area contributed by atoms with Crippen molar-refractivity contribution in [3.8, 4) is 0 Å². The Bertz CT molecular complexity index is 573. The Balaban J connectivity index is 2.38. The molecule has 0 aliphatic carbocycles. The third-order valence-electron chi connectivity index (χ3n) is 2.68. The van der Waals surface area contributed by atoms with Crippen molar-refractivity contribution >= 4 is 37.8 Å². The Hall–Kier alpha value is -1.33. The van der Waals surface area contributed by atoms with Gasteiger partial charge < -0.3 is 15.0 Å². The highest BCUT2D eigenvalue weighted by molar-refractivity contribution is 9.13. The van der Waals surface area contributed by atoms with Gasteiger partial charge in [-0.25, -0.2) is 0 Å². The third-order valence-corrected chi connectivity index (χ3v) is 4.62. The summed E-state index contributed by atoms with van der Waals surface area (Å²) in [7, 11) is 0. The van der Waals surface area contributed by atoms with E-state index in [4.69, 9.17) is 5.39 Å². The van der Waals surface area contributed by atoms with Gasteiger partial charge in [-0.05, 0) is 37.9 Å².